The minimum absolute atomic E-state index is 0.0371. The van der Waals surface area contributed by atoms with Gasteiger partial charge in [0.25, 0.3) is 5.91 Å². The average molecular weight is 304 g/mol. The van der Waals surface area contributed by atoms with Crippen LogP contribution in [-0.2, 0) is 6.54 Å². The molecule has 0 fully saturated rings. The summed E-state index contributed by atoms with van der Waals surface area (Å²) in [5.74, 6) is -0.329. The first-order valence-corrected chi connectivity index (χ1v) is 7.20. The van der Waals surface area contributed by atoms with Crippen LogP contribution in [0.15, 0.2) is 36.4 Å². The lowest BCUT2D eigenvalue weighted by atomic mass is 10.0. The normalized spacial score (nSPS) is 15.2. The fraction of sp³-hybridized carbons (Fsp3) is 0.235. The van der Waals surface area contributed by atoms with Crippen molar-refractivity contribution in [2.45, 2.75) is 26.4 Å². The van der Waals surface area contributed by atoms with Gasteiger partial charge >= 0.3 is 0 Å². The van der Waals surface area contributed by atoms with Crippen molar-refractivity contribution in [3.8, 4) is 0 Å². The fourth-order valence-electron chi connectivity index (χ4n) is 2.88. The first kappa shape index (κ1) is 14.1. The van der Waals surface area contributed by atoms with Gasteiger partial charge in [-0.3, -0.25) is 4.79 Å². The van der Waals surface area contributed by atoms with Crippen LogP contribution in [-0.4, -0.2) is 10.8 Å². The summed E-state index contributed by atoms with van der Waals surface area (Å²) in [5.41, 5.74) is 3.11. The molecule has 2 aromatic carbocycles. The molecular weight excluding hydrogens is 289 g/mol. The van der Waals surface area contributed by atoms with Crippen LogP contribution in [0.1, 0.15) is 40.0 Å². The van der Waals surface area contributed by atoms with Gasteiger partial charge in [0.1, 0.15) is 5.82 Å². The zero-order valence-corrected chi connectivity index (χ0v) is 12.6. The van der Waals surface area contributed by atoms with Crippen LogP contribution in [0.25, 0.3) is 0 Å². The number of rotatable bonds is 2. The minimum atomic E-state index is -0.292. The molecule has 0 bridgehead atoms. The Morgan fingerprint density at radius 3 is 2.57 bits per heavy atom. The van der Waals surface area contributed by atoms with Crippen LogP contribution in [0.4, 0.5) is 4.39 Å². The van der Waals surface area contributed by atoms with Crippen molar-refractivity contribution in [1.82, 2.24) is 4.90 Å². The van der Waals surface area contributed by atoms with Crippen LogP contribution in [0.3, 0.4) is 0 Å². The third-order valence-corrected chi connectivity index (χ3v) is 4.27. The zero-order valence-electron chi connectivity index (χ0n) is 11.9. The molecule has 0 aliphatic carbocycles. The molecule has 2 aromatic rings. The highest BCUT2D eigenvalue weighted by Crippen LogP contribution is 2.33. The number of halogens is 2. The van der Waals surface area contributed by atoms with E-state index in [2.05, 4.69) is 0 Å². The lowest BCUT2D eigenvalue weighted by Crippen LogP contribution is -2.27. The van der Waals surface area contributed by atoms with E-state index in [4.69, 9.17) is 11.6 Å². The van der Waals surface area contributed by atoms with E-state index in [9.17, 15) is 9.18 Å². The topological polar surface area (TPSA) is 20.3 Å². The van der Waals surface area contributed by atoms with Crippen LogP contribution >= 0.6 is 11.6 Å². The molecule has 2 nitrogen and oxygen atoms in total. The second kappa shape index (κ2) is 5.15. The highest BCUT2D eigenvalue weighted by Gasteiger charge is 2.33. The summed E-state index contributed by atoms with van der Waals surface area (Å²) in [7, 11) is 0. The predicted molar refractivity (Wildman–Crippen MR) is 80.9 cm³/mol. The van der Waals surface area contributed by atoms with Gasteiger partial charge < -0.3 is 4.90 Å². The summed E-state index contributed by atoms with van der Waals surface area (Å²) in [6.07, 6.45) is 0. The molecule has 0 aromatic heterocycles. The van der Waals surface area contributed by atoms with E-state index in [1.54, 1.807) is 11.8 Å². The molecule has 0 saturated carbocycles. The number of fused-ring (bicyclic) bond motifs is 1. The molecule has 1 amide bonds. The standard InChI is InChI=1S/C17H15ClFNO/c1-10-7-15(19)8-13-9-20(17(21)16(10)13)11(2)12-3-5-14(18)6-4-12/h3-8,11H,9H2,1-2H3. The van der Waals surface area contributed by atoms with Crippen LogP contribution in [0.5, 0.6) is 0 Å². The molecular formula is C17H15ClFNO. The molecule has 0 saturated heterocycles. The van der Waals surface area contributed by atoms with E-state index < -0.39 is 0 Å². The number of hydrogen-bond acceptors (Lipinski definition) is 1. The second-order valence-electron chi connectivity index (χ2n) is 5.42. The molecule has 4 heteroatoms. The Balaban J connectivity index is 1.94. The SMILES string of the molecule is Cc1cc(F)cc2c1C(=O)N(C(C)c1ccc(Cl)cc1)C2. The molecule has 1 atom stereocenters. The average Bonchev–Trinajstić information content (AvgIpc) is 2.76. The van der Waals surface area contributed by atoms with Gasteiger partial charge in [0.05, 0.1) is 6.04 Å². The maximum atomic E-state index is 13.5. The molecule has 0 radical (unpaired) electrons. The van der Waals surface area contributed by atoms with Crippen LogP contribution in [0, 0.1) is 12.7 Å². The summed E-state index contributed by atoms with van der Waals surface area (Å²) >= 11 is 5.89. The van der Waals surface area contributed by atoms with E-state index in [1.807, 2.05) is 31.2 Å². The Hall–Kier alpha value is -1.87. The van der Waals surface area contributed by atoms with E-state index >= 15 is 0 Å². The van der Waals surface area contributed by atoms with E-state index in [0.29, 0.717) is 22.7 Å². The summed E-state index contributed by atoms with van der Waals surface area (Å²) in [5, 5.41) is 0.667. The highest BCUT2D eigenvalue weighted by molar-refractivity contribution is 6.30. The molecule has 21 heavy (non-hydrogen) atoms. The highest BCUT2D eigenvalue weighted by atomic mass is 35.5. The van der Waals surface area contributed by atoms with Crippen molar-refractivity contribution < 1.29 is 9.18 Å². The van der Waals surface area contributed by atoms with Crippen molar-refractivity contribution >= 4 is 17.5 Å². The van der Waals surface area contributed by atoms with Gasteiger partial charge in [0.2, 0.25) is 0 Å². The smallest absolute Gasteiger partial charge is 0.255 e. The van der Waals surface area contributed by atoms with Crippen LogP contribution in [0.2, 0.25) is 5.02 Å². The molecule has 1 aliphatic rings. The minimum Gasteiger partial charge on any atom is -0.328 e. The number of amides is 1. The lowest BCUT2D eigenvalue weighted by molar-refractivity contribution is 0.0715. The van der Waals surface area contributed by atoms with E-state index in [-0.39, 0.29) is 17.8 Å². The van der Waals surface area contributed by atoms with Crippen molar-refractivity contribution in [2.24, 2.45) is 0 Å². The first-order chi connectivity index (χ1) is 9.97. The zero-order chi connectivity index (χ0) is 15.1. The Bertz CT molecular complexity index is 711. The summed E-state index contributed by atoms with van der Waals surface area (Å²) in [6.45, 7) is 4.19. The number of nitrogens with zero attached hydrogens (tertiary/aromatic N) is 1. The third-order valence-electron chi connectivity index (χ3n) is 4.02. The number of hydrogen-bond donors (Lipinski definition) is 0. The summed E-state index contributed by atoms with van der Waals surface area (Å²) in [6, 6.07) is 10.2. The maximum absolute atomic E-state index is 13.5. The van der Waals surface area contributed by atoms with E-state index in [1.165, 1.54) is 12.1 Å². The molecule has 1 aliphatic heterocycles. The summed E-state index contributed by atoms with van der Waals surface area (Å²) in [4.78, 5) is 14.4. The number of carbonyl (C=O) groups excluding carboxylic acids is 1. The predicted octanol–water partition coefficient (Wildman–Crippen LogP) is 4.50. The fourth-order valence-corrected chi connectivity index (χ4v) is 3.00. The van der Waals surface area contributed by atoms with Gasteiger partial charge in [-0.15, -0.1) is 0 Å². The monoisotopic (exact) mass is 303 g/mol. The van der Waals surface area contributed by atoms with Gasteiger partial charge in [0.15, 0.2) is 0 Å². The van der Waals surface area contributed by atoms with E-state index in [0.717, 1.165) is 11.1 Å². The second-order valence-corrected chi connectivity index (χ2v) is 5.85. The molecule has 0 N–H and O–H groups in total. The quantitative estimate of drug-likeness (QED) is 0.799. The van der Waals surface area contributed by atoms with Gasteiger partial charge in [-0.25, -0.2) is 4.39 Å². The van der Waals surface area contributed by atoms with Gasteiger partial charge in [-0.2, -0.15) is 0 Å². The third kappa shape index (κ3) is 2.42. The lowest BCUT2D eigenvalue weighted by Gasteiger charge is -2.24. The molecule has 1 heterocycles. The van der Waals surface area contributed by atoms with Crippen molar-refractivity contribution in [1.29, 1.82) is 0 Å². The van der Waals surface area contributed by atoms with Crippen molar-refractivity contribution in [2.75, 3.05) is 0 Å². The Morgan fingerprint density at radius 1 is 1.24 bits per heavy atom. The van der Waals surface area contributed by atoms with Gasteiger partial charge in [0, 0.05) is 17.1 Å². The maximum Gasteiger partial charge on any atom is 0.255 e. The van der Waals surface area contributed by atoms with Crippen molar-refractivity contribution in [3.63, 3.8) is 0 Å². The number of benzene rings is 2. The van der Waals surface area contributed by atoms with Gasteiger partial charge in [-0.1, -0.05) is 23.7 Å². The molecule has 108 valence electrons. The Morgan fingerprint density at radius 2 is 1.90 bits per heavy atom. The number of aryl methyl sites for hydroxylation is 1. The molecule has 3 rings (SSSR count). The number of carbonyl (C=O) groups is 1. The Kier molecular flexibility index (Phi) is 3.46. The molecule has 0 spiro atoms. The Labute approximate surface area is 128 Å². The largest absolute Gasteiger partial charge is 0.328 e. The first-order valence-electron chi connectivity index (χ1n) is 6.83. The summed E-state index contributed by atoms with van der Waals surface area (Å²) < 4.78 is 13.5. The van der Waals surface area contributed by atoms with Gasteiger partial charge in [-0.05, 0) is 54.8 Å². The van der Waals surface area contributed by atoms with Crippen LogP contribution < -0.4 is 0 Å². The molecule has 1 unspecified atom stereocenters. The van der Waals surface area contributed by atoms with Crippen molar-refractivity contribution in [3.05, 3.63) is 69.5 Å².